The molecule has 1 saturated heterocycles. The van der Waals surface area contributed by atoms with Crippen LogP contribution in [0.2, 0.25) is 0 Å². The Morgan fingerprint density at radius 1 is 1.37 bits per heavy atom. The number of hydrogen-bond acceptors (Lipinski definition) is 5. The van der Waals surface area contributed by atoms with E-state index in [1.54, 1.807) is 0 Å². The van der Waals surface area contributed by atoms with E-state index in [4.69, 9.17) is 5.73 Å². The van der Waals surface area contributed by atoms with Gasteiger partial charge in [-0.3, -0.25) is 9.59 Å². The number of nitrogens with zero attached hydrogens (tertiary/aromatic N) is 1. The molecule has 0 saturated carbocycles. The molecule has 1 aliphatic rings. The number of rotatable bonds is 6. The first-order chi connectivity index (χ1) is 12.2. The number of nitrogens with two attached hydrogens (primary N) is 1. The monoisotopic (exact) mass is 385 g/mol. The molecule has 8 nitrogen and oxygen atoms in total. The van der Waals surface area contributed by atoms with Crippen LogP contribution < -0.4 is 45.7 Å². The van der Waals surface area contributed by atoms with Crippen molar-refractivity contribution < 1.29 is 54.2 Å². The molecule has 1 aromatic rings. The molecule has 2 atom stereocenters. The summed E-state index contributed by atoms with van der Waals surface area (Å²) < 4.78 is 0. The summed E-state index contributed by atoms with van der Waals surface area (Å²) in [5, 5.41) is 23.8. The van der Waals surface area contributed by atoms with E-state index in [0.717, 1.165) is 0 Å². The van der Waals surface area contributed by atoms with Crippen molar-refractivity contribution in [1.82, 2.24) is 10.2 Å². The second-order valence-electron chi connectivity index (χ2n) is 6.94. The normalized spacial score (nSPS) is 17.3. The van der Waals surface area contributed by atoms with E-state index < -0.39 is 35.6 Å². The third-order valence-corrected chi connectivity index (χ3v) is 4.37. The van der Waals surface area contributed by atoms with Gasteiger partial charge in [0.2, 0.25) is 5.91 Å². The van der Waals surface area contributed by atoms with E-state index in [0.29, 0.717) is 25.8 Å². The van der Waals surface area contributed by atoms with Gasteiger partial charge in [0.15, 0.2) is 0 Å². The van der Waals surface area contributed by atoms with Gasteiger partial charge in [-0.15, -0.1) is 0 Å². The number of aliphatic carboxylic acids is 1. The number of hydrogen-bond donors (Lipinski definition) is 3. The van der Waals surface area contributed by atoms with Gasteiger partial charge >= 0.3 is 35.5 Å². The van der Waals surface area contributed by atoms with Gasteiger partial charge in [0.1, 0.15) is 12.1 Å². The Bertz CT molecular complexity index is 710. The Labute approximate surface area is 180 Å². The largest absolute Gasteiger partial charge is 1.00 e. The average molecular weight is 385 g/mol. The number of amides is 2. The van der Waals surface area contributed by atoms with E-state index in [1.807, 2.05) is 13.8 Å². The van der Waals surface area contributed by atoms with Crippen molar-refractivity contribution in [1.29, 1.82) is 0 Å². The topological polar surface area (TPSA) is 136 Å². The predicted molar refractivity (Wildman–Crippen MR) is 93.4 cm³/mol. The van der Waals surface area contributed by atoms with E-state index in [1.165, 1.54) is 23.1 Å². The van der Waals surface area contributed by atoms with Crippen LogP contribution in [0.15, 0.2) is 18.2 Å². The maximum absolute atomic E-state index is 12.7. The summed E-state index contributed by atoms with van der Waals surface area (Å²) in [6.07, 6.45) is 1.31. The molecule has 2 rings (SSSR count). The van der Waals surface area contributed by atoms with Gasteiger partial charge in [-0.25, -0.2) is 4.79 Å². The second-order valence-corrected chi connectivity index (χ2v) is 6.94. The molecule has 142 valence electrons. The quantitative estimate of drug-likeness (QED) is 0.368. The summed E-state index contributed by atoms with van der Waals surface area (Å²) in [4.78, 5) is 37.9. The van der Waals surface area contributed by atoms with Crippen molar-refractivity contribution in [2.45, 2.75) is 45.2 Å². The van der Waals surface area contributed by atoms with Gasteiger partial charge in [-0.05, 0) is 37.3 Å². The first kappa shape index (κ1) is 23.3. The van der Waals surface area contributed by atoms with Gasteiger partial charge in [0, 0.05) is 17.8 Å². The zero-order valence-corrected chi connectivity index (χ0v) is 17.9. The fourth-order valence-corrected chi connectivity index (χ4v) is 3.11. The molecule has 1 heterocycles. The number of carbonyl (C=O) groups is 3. The molecule has 9 heteroatoms. The number of likely N-dealkylation sites (tertiary alicyclic amines) is 1. The van der Waals surface area contributed by atoms with E-state index in [2.05, 4.69) is 5.32 Å². The minimum Gasteiger partial charge on any atom is -0.872 e. The van der Waals surface area contributed by atoms with E-state index in [9.17, 15) is 24.6 Å². The molecule has 1 aliphatic heterocycles. The molecule has 0 unspecified atom stereocenters. The third-order valence-electron chi connectivity index (χ3n) is 4.37. The van der Waals surface area contributed by atoms with Crippen LogP contribution in [-0.2, 0) is 9.59 Å². The van der Waals surface area contributed by atoms with E-state index in [-0.39, 0.29) is 46.7 Å². The number of nitrogens with one attached hydrogen (secondary N) is 1. The first-order valence-corrected chi connectivity index (χ1v) is 8.61. The van der Waals surface area contributed by atoms with Crippen LogP contribution in [0, 0.1) is 5.92 Å². The second kappa shape index (κ2) is 9.96. The Balaban J connectivity index is 0.00000364. The van der Waals surface area contributed by atoms with E-state index >= 15 is 0 Å². The molecule has 1 fully saturated rings. The molecule has 0 bridgehead atoms. The predicted octanol–water partition coefficient (Wildman–Crippen LogP) is -2.43. The smallest absolute Gasteiger partial charge is 0.872 e. The van der Waals surface area contributed by atoms with Crippen molar-refractivity contribution in [2.75, 3.05) is 12.3 Å². The minimum atomic E-state index is -1.11. The summed E-state index contributed by atoms with van der Waals surface area (Å²) in [5.74, 6) is -2.55. The van der Waals surface area contributed by atoms with Gasteiger partial charge in [0.25, 0.3) is 5.91 Å². The zero-order valence-electron chi connectivity index (χ0n) is 15.9. The molecule has 1 aromatic carbocycles. The van der Waals surface area contributed by atoms with Crippen LogP contribution in [-0.4, -0.2) is 46.4 Å². The molecular formula is C18H24N3NaO5. The molecule has 0 spiro atoms. The summed E-state index contributed by atoms with van der Waals surface area (Å²) in [6.45, 7) is 4.05. The Kier molecular flexibility index (Phi) is 8.59. The van der Waals surface area contributed by atoms with Crippen LogP contribution in [0.4, 0.5) is 5.69 Å². The van der Waals surface area contributed by atoms with Crippen molar-refractivity contribution in [3.8, 4) is 5.75 Å². The summed E-state index contributed by atoms with van der Waals surface area (Å²) in [6, 6.07) is 2.13. The number of carbonyl (C=O) groups excluding carboxylic acids is 2. The molecule has 0 radical (unpaired) electrons. The molecule has 0 aliphatic carbocycles. The Morgan fingerprint density at radius 3 is 2.63 bits per heavy atom. The maximum Gasteiger partial charge on any atom is 1.00 e. The van der Waals surface area contributed by atoms with Crippen LogP contribution in [0.5, 0.6) is 5.75 Å². The molecular weight excluding hydrogens is 361 g/mol. The molecule has 2 amide bonds. The van der Waals surface area contributed by atoms with Crippen molar-refractivity contribution in [3.05, 3.63) is 23.8 Å². The number of nitrogen functional groups attached to an aromatic ring is 1. The number of carboxylic acids is 1. The fourth-order valence-electron chi connectivity index (χ4n) is 3.11. The van der Waals surface area contributed by atoms with Crippen LogP contribution >= 0.6 is 0 Å². The van der Waals surface area contributed by atoms with Gasteiger partial charge in [-0.2, -0.15) is 0 Å². The third kappa shape index (κ3) is 5.85. The summed E-state index contributed by atoms with van der Waals surface area (Å²) >= 11 is 0. The van der Waals surface area contributed by atoms with Gasteiger partial charge < -0.3 is 26.2 Å². The van der Waals surface area contributed by atoms with Crippen LogP contribution in [0.25, 0.3) is 0 Å². The summed E-state index contributed by atoms with van der Waals surface area (Å²) in [5.41, 5.74) is 5.86. The van der Waals surface area contributed by atoms with Crippen molar-refractivity contribution in [3.63, 3.8) is 0 Å². The number of carboxylic acid groups (broad SMARTS) is 1. The molecule has 4 N–H and O–H groups in total. The van der Waals surface area contributed by atoms with Gasteiger partial charge in [-0.1, -0.05) is 25.7 Å². The SMILES string of the molecule is CC(C)C[C@H](NC(=O)[C@@H]1CCCN1C(=O)c1cc(N)ccc1[O-])C(=O)O.[Na+]. The van der Waals surface area contributed by atoms with Crippen molar-refractivity contribution >= 4 is 23.5 Å². The van der Waals surface area contributed by atoms with Crippen LogP contribution in [0.1, 0.15) is 43.5 Å². The van der Waals surface area contributed by atoms with Crippen LogP contribution in [0.3, 0.4) is 0 Å². The maximum atomic E-state index is 12.7. The van der Waals surface area contributed by atoms with Gasteiger partial charge in [0.05, 0.1) is 0 Å². The molecule has 27 heavy (non-hydrogen) atoms. The number of anilines is 1. The average Bonchev–Trinajstić information content (AvgIpc) is 3.05. The van der Waals surface area contributed by atoms with Crippen molar-refractivity contribution in [2.24, 2.45) is 5.92 Å². The molecule has 0 aromatic heterocycles. The Morgan fingerprint density at radius 2 is 2.04 bits per heavy atom. The standard InChI is InChI=1S/C18H25N3O5.Na/c1-10(2)8-13(18(25)26)20-16(23)14-4-3-7-21(14)17(24)12-9-11(19)5-6-15(12)22;/h5-6,9-10,13-14,22H,3-4,7-8,19H2,1-2H3,(H,20,23)(H,25,26);/q;+1/p-1/t13-,14-;/m0./s1. The first-order valence-electron chi connectivity index (χ1n) is 8.61. The summed E-state index contributed by atoms with van der Waals surface area (Å²) in [7, 11) is 0. The fraction of sp³-hybridized carbons (Fsp3) is 0.500. The minimum absolute atomic E-state index is 0. The Hall–Kier alpha value is -1.77. The number of benzene rings is 1. The zero-order chi connectivity index (χ0) is 19.4.